The number of carboxylic acid groups (broad SMARTS) is 1. The normalized spacial score (nSPS) is 11.5. The zero-order valence-electron chi connectivity index (χ0n) is 11.8. The Balaban J connectivity index is 2.76. The number of carbonyl (C=O) groups is 2. The van der Waals surface area contributed by atoms with E-state index in [0.717, 1.165) is 0 Å². The molecule has 1 amide bonds. The number of halogens is 1. The van der Waals surface area contributed by atoms with Crippen LogP contribution in [-0.2, 0) is 16.0 Å². The molecule has 0 aliphatic carbocycles. The van der Waals surface area contributed by atoms with Crippen molar-refractivity contribution in [1.82, 2.24) is 5.32 Å². The second-order valence-corrected chi connectivity index (χ2v) is 4.83. The maximum Gasteiger partial charge on any atom is 0.326 e. The zero-order chi connectivity index (χ0) is 15.8. The van der Waals surface area contributed by atoms with Crippen LogP contribution in [-0.4, -0.2) is 30.1 Å². The van der Waals surface area contributed by atoms with E-state index in [-0.39, 0.29) is 6.42 Å². The molecule has 0 saturated carbocycles. The van der Waals surface area contributed by atoms with Crippen molar-refractivity contribution in [3.05, 3.63) is 41.4 Å². The average molecular weight is 312 g/mol. The van der Waals surface area contributed by atoms with Gasteiger partial charge in [-0.1, -0.05) is 23.7 Å². The third kappa shape index (κ3) is 5.11. The van der Waals surface area contributed by atoms with Gasteiger partial charge in [-0.25, -0.2) is 4.79 Å². The quantitative estimate of drug-likeness (QED) is 0.723. The first-order valence-electron chi connectivity index (χ1n) is 6.44. The maximum atomic E-state index is 12.0. The number of hydrogen-bond acceptors (Lipinski definition) is 3. The Morgan fingerprint density at radius 1 is 1.52 bits per heavy atom. The van der Waals surface area contributed by atoms with Gasteiger partial charge < -0.3 is 15.2 Å². The van der Waals surface area contributed by atoms with Gasteiger partial charge in [0.25, 0.3) is 0 Å². The van der Waals surface area contributed by atoms with Gasteiger partial charge in [-0.3, -0.25) is 4.79 Å². The Labute approximate surface area is 128 Å². The smallest absolute Gasteiger partial charge is 0.326 e. The summed E-state index contributed by atoms with van der Waals surface area (Å²) in [6, 6.07) is 4.12. The van der Waals surface area contributed by atoms with Gasteiger partial charge in [-0.2, -0.15) is 0 Å². The third-order valence-corrected chi connectivity index (χ3v) is 3.28. The van der Waals surface area contributed by atoms with Crippen molar-refractivity contribution in [2.75, 3.05) is 7.11 Å². The molecule has 114 valence electrons. The largest absolute Gasteiger partial charge is 0.496 e. The number of carboxylic acids is 1. The SMILES string of the molecule is C=CCCC(NC(=O)Cc1c(Cl)cccc1OC)C(=O)O. The molecular formula is C15H18ClNO4. The van der Waals surface area contributed by atoms with Crippen molar-refractivity contribution in [2.45, 2.75) is 25.3 Å². The molecule has 0 heterocycles. The highest BCUT2D eigenvalue weighted by molar-refractivity contribution is 6.31. The van der Waals surface area contributed by atoms with Crippen LogP contribution in [0.3, 0.4) is 0 Å². The van der Waals surface area contributed by atoms with Crippen molar-refractivity contribution in [1.29, 1.82) is 0 Å². The molecule has 1 unspecified atom stereocenters. The summed E-state index contributed by atoms with van der Waals surface area (Å²) in [6.45, 7) is 3.53. The molecule has 0 radical (unpaired) electrons. The molecule has 2 N–H and O–H groups in total. The summed E-state index contributed by atoms with van der Waals surface area (Å²) in [5.74, 6) is -0.996. The maximum absolute atomic E-state index is 12.0. The monoisotopic (exact) mass is 311 g/mol. The Morgan fingerprint density at radius 2 is 2.24 bits per heavy atom. The Bertz CT molecular complexity index is 530. The minimum Gasteiger partial charge on any atom is -0.496 e. The number of nitrogens with one attached hydrogen (secondary N) is 1. The van der Waals surface area contributed by atoms with Crippen LogP contribution >= 0.6 is 11.6 Å². The molecule has 0 aromatic heterocycles. The van der Waals surface area contributed by atoms with Gasteiger partial charge in [0.15, 0.2) is 0 Å². The Kier molecular flexibility index (Phi) is 6.75. The summed E-state index contributed by atoms with van der Waals surface area (Å²) in [5, 5.41) is 12.0. The molecule has 0 spiro atoms. The summed E-state index contributed by atoms with van der Waals surface area (Å²) >= 11 is 6.05. The lowest BCUT2D eigenvalue weighted by atomic mass is 10.1. The predicted molar refractivity (Wildman–Crippen MR) is 80.7 cm³/mol. The lowest BCUT2D eigenvalue weighted by Gasteiger charge is -2.15. The van der Waals surface area contributed by atoms with Crippen LogP contribution in [0.15, 0.2) is 30.9 Å². The van der Waals surface area contributed by atoms with Crippen LogP contribution in [0.1, 0.15) is 18.4 Å². The summed E-state index contributed by atoms with van der Waals surface area (Å²) in [6.07, 6.45) is 2.37. The van der Waals surface area contributed by atoms with Gasteiger partial charge >= 0.3 is 5.97 Å². The highest BCUT2D eigenvalue weighted by Gasteiger charge is 2.20. The molecule has 0 fully saturated rings. The molecule has 1 atom stereocenters. The second kappa shape index (κ2) is 8.32. The first-order chi connectivity index (χ1) is 9.99. The minimum absolute atomic E-state index is 0.0410. The van der Waals surface area contributed by atoms with Gasteiger partial charge in [0.05, 0.1) is 13.5 Å². The number of hydrogen-bond donors (Lipinski definition) is 2. The van der Waals surface area contributed by atoms with E-state index in [4.69, 9.17) is 21.4 Å². The van der Waals surface area contributed by atoms with E-state index in [1.807, 2.05) is 0 Å². The Hall–Kier alpha value is -2.01. The lowest BCUT2D eigenvalue weighted by Crippen LogP contribution is -2.41. The number of benzene rings is 1. The fourth-order valence-corrected chi connectivity index (χ4v) is 2.08. The van der Waals surface area contributed by atoms with Crippen molar-refractivity contribution >= 4 is 23.5 Å². The molecule has 6 heteroatoms. The van der Waals surface area contributed by atoms with E-state index in [9.17, 15) is 9.59 Å². The van der Waals surface area contributed by atoms with Crippen LogP contribution in [0, 0.1) is 0 Å². The van der Waals surface area contributed by atoms with Crippen molar-refractivity contribution in [2.24, 2.45) is 0 Å². The first kappa shape index (κ1) is 17.0. The van der Waals surface area contributed by atoms with E-state index < -0.39 is 17.9 Å². The van der Waals surface area contributed by atoms with Crippen LogP contribution < -0.4 is 10.1 Å². The van der Waals surface area contributed by atoms with Crippen LogP contribution in [0.5, 0.6) is 5.75 Å². The van der Waals surface area contributed by atoms with Gasteiger partial charge in [0, 0.05) is 10.6 Å². The third-order valence-electron chi connectivity index (χ3n) is 2.93. The minimum atomic E-state index is -1.07. The second-order valence-electron chi connectivity index (χ2n) is 4.42. The molecular weight excluding hydrogens is 294 g/mol. The number of rotatable bonds is 8. The van der Waals surface area contributed by atoms with Crippen LogP contribution in [0.2, 0.25) is 5.02 Å². The number of aliphatic carboxylic acids is 1. The summed E-state index contributed by atoms with van der Waals surface area (Å²) in [7, 11) is 1.48. The summed E-state index contributed by atoms with van der Waals surface area (Å²) in [5.41, 5.74) is 0.534. The molecule has 0 aliphatic rings. The molecule has 0 bridgehead atoms. The molecule has 1 aromatic rings. The number of allylic oxidation sites excluding steroid dienone is 1. The van der Waals surface area contributed by atoms with E-state index >= 15 is 0 Å². The summed E-state index contributed by atoms with van der Waals surface area (Å²) < 4.78 is 5.15. The van der Waals surface area contributed by atoms with Crippen molar-refractivity contribution in [3.8, 4) is 5.75 Å². The topological polar surface area (TPSA) is 75.6 Å². The highest BCUT2D eigenvalue weighted by atomic mass is 35.5. The van der Waals surface area contributed by atoms with E-state index in [1.165, 1.54) is 7.11 Å². The molecule has 5 nitrogen and oxygen atoms in total. The van der Waals surface area contributed by atoms with Crippen molar-refractivity contribution in [3.63, 3.8) is 0 Å². The van der Waals surface area contributed by atoms with Gasteiger partial charge in [-0.05, 0) is 25.0 Å². The number of methoxy groups -OCH3 is 1. The number of amides is 1. The molecule has 0 saturated heterocycles. The van der Waals surface area contributed by atoms with E-state index in [2.05, 4.69) is 11.9 Å². The number of carbonyl (C=O) groups excluding carboxylic acids is 1. The fourth-order valence-electron chi connectivity index (χ4n) is 1.85. The fraction of sp³-hybridized carbons (Fsp3) is 0.333. The molecule has 1 aromatic carbocycles. The van der Waals surface area contributed by atoms with Gasteiger partial charge in [0.1, 0.15) is 11.8 Å². The molecule has 21 heavy (non-hydrogen) atoms. The Morgan fingerprint density at radius 3 is 2.81 bits per heavy atom. The lowest BCUT2D eigenvalue weighted by molar-refractivity contribution is -0.141. The van der Waals surface area contributed by atoms with Crippen LogP contribution in [0.25, 0.3) is 0 Å². The summed E-state index contributed by atoms with van der Waals surface area (Å²) in [4.78, 5) is 23.1. The zero-order valence-corrected chi connectivity index (χ0v) is 12.5. The highest BCUT2D eigenvalue weighted by Crippen LogP contribution is 2.26. The van der Waals surface area contributed by atoms with E-state index in [1.54, 1.807) is 24.3 Å². The number of ether oxygens (including phenoxy) is 1. The molecule has 1 rings (SSSR count). The standard InChI is InChI=1S/C15H18ClNO4/c1-3-4-7-12(15(19)20)17-14(18)9-10-11(16)6-5-8-13(10)21-2/h3,5-6,8,12H,1,4,7,9H2,2H3,(H,17,18)(H,19,20). The van der Waals surface area contributed by atoms with Crippen LogP contribution in [0.4, 0.5) is 0 Å². The molecule has 0 aliphatic heterocycles. The first-order valence-corrected chi connectivity index (χ1v) is 6.81. The van der Waals surface area contributed by atoms with E-state index in [0.29, 0.717) is 29.2 Å². The average Bonchev–Trinajstić information content (AvgIpc) is 2.45. The van der Waals surface area contributed by atoms with Gasteiger partial charge in [-0.15, -0.1) is 6.58 Å². The van der Waals surface area contributed by atoms with Crippen molar-refractivity contribution < 1.29 is 19.4 Å². The van der Waals surface area contributed by atoms with Gasteiger partial charge in [0.2, 0.25) is 5.91 Å². The predicted octanol–water partition coefficient (Wildman–Crippen LogP) is 2.43.